The third kappa shape index (κ3) is 4.84. The molecule has 1 aromatic carbocycles. The highest BCUT2D eigenvalue weighted by atomic mass is 16.2. The van der Waals surface area contributed by atoms with Crippen molar-refractivity contribution in [1.82, 2.24) is 15.5 Å². The van der Waals surface area contributed by atoms with Crippen LogP contribution in [0, 0.1) is 5.92 Å². The van der Waals surface area contributed by atoms with Crippen LogP contribution in [-0.2, 0) is 4.79 Å². The Morgan fingerprint density at radius 1 is 1.03 bits per heavy atom. The average molecular weight is 419 g/mol. The van der Waals surface area contributed by atoms with Crippen molar-refractivity contribution in [2.24, 2.45) is 5.92 Å². The molecule has 0 radical (unpaired) electrons. The van der Waals surface area contributed by atoms with Gasteiger partial charge in [-0.05, 0) is 85.3 Å². The van der Waals surface area contributed by atoms with Crippen molar-refractivity contribution in [3.63, 3.8) is 0 Å². The van der Waals surface area contributed by atoms with Crippen molar-refractivity contribution >= 4 is 17.6 Å². The first-order chi connectivity index (χ1) is 15.1. The molecule has 162 valence electrons. The molecule has 0 bridgehead atoms. The van der Waals surface area contributed by atoms with E-state index < -0.39 is 0 Å². The fourth-order valence-corrected chi connectivity index (χ4v) is 4.74. The number of urea groups is 1. The maximum absolute atomic E-state index is 12.6. The molecule has 0 unspecified atom stereocenters. The van der Waals surface area contributed by atoms with Crippen LogP contribution in [-0.4, -0.2) is 29.4 Å². The number of amides is 3. The summed E-state index contributed by atoms with van der Waals surface area (Å²) in [5, 5.41) is 9.29. The van der Waals surface area contributed by atoms with E-state index >= 15 is 0 Å². The Balaban J connectivity index is 1.10. The zero-order valence-corrected chi connectivity index (χ0v) is 17.8. The highest BCUT2D eigenvalue weighted by molar-refractivity contribution is 5.91. The Morgan fingerprint density at radius 2 is 1.81 bits per heavy atom. The average Bonchev–Trinajstić information content (AvgIpc) is 3.48. The SMILES string of the molecule is O=C(CC1CC1)N[C@H]1CC[C@@H](c2ccc(NC(=O)N3C=C4C=CNC=C4C3)cc2)CC1. The number of rotatable bonds is 5. The molecule has 5 rings (SSSR count). The summed E-state index contributed by atoms with van der Waals surface area (Å²) < 4.78 is 0. The molecule has 6 heteroatoms. The smallest absolute Gasteiger partial charge is 0.326 e. The molecule has 0 aromatic heterocycles. The summed E-state index contributed by atoms with van der Waals surface area (Å²) in [6.45, 7) is 0.580. The van der Waals surface area contributed by atoms with Crippen LogP contribution >= 0.6 is 0 Å². The summed E-state index contributed by atoms with van der Waals surface area (Å²) in [5.74, 6) is 1.41. The van der Waals surface area contributed by atoms with Crippen LogP contribution in [0.2, 0.25) is 0 Å². The van der Waals surface area contributed by atoms with Crippen LogP contribution in [0.4, 0.5) is 10.5 Å². The van der Waals surface area contributed by atoms with Gasteiger partial charge in [-0.1, -0.05) is 12.1 Å². The van der Waals surface area contributed by atoms with E-state index in [0.717, 1.165) is 42.5 Å². The molecule has 2 aliphatic heterocycles. The van der Waals surface area contributed by atoms with Crippen molar-refractivity contribution in [1.29, 1.82) is 0 Å². The van der Waals surface area contributed by atoms with E-state index in [1.807, 2.05) is 36.8 Å². The fraction of sp³-hybridized carbons (Fsp3) is 0.440. The molecule has 0 atom stereocenters. The lowest BCUT2D eigenvalue weighted by atomic mass is 9.81. The van der Waals surface area contributed by atoms with Crippen molar-refractivity contribution in [3.05, 3.63) is 65.7 Å². The topological polar surface area (TPSA) is 73.5 Å². The predicted octanol–water partition coefficient (Wildman–Crippen LogP) is 4.36. The summed E-state index contributed by atoms with van der Waals surface area (Å²) in [6.07, 6.45) is 15.1. The first-order valence-corrected chi connectivity index (χ1v) is 11.4. The van der Waals surface area contributed by atoms with Crippen molar-refractivity contribution in [2.75, 3.05) is 11.9 Å². The van der Waals surface area contributed by atoms with Crippen LogP contribution in [0.25, 0.3) is 0 Å². The van der Waals surface area contributed by atoms with E-state index in [9.17, 15) is 9.59 Å². The fourth-order valence-electron chi connectivity index (χ4n) is 4.74. The molecule has 2 heterocycles. The highest BCUT2D eigenvalue weighted by Crippen LogP contribution is 2.35. The van der Waals surface area contributed by atoms with Crippen LogP contribution in [0.5, 0.6) is 0 Å². The molecule has 0 saturated heterocycles. The van der Waals surface area contributed by atoms with Crippen LogP contribution in [0.3, 0.4) is 0 Å². The molecule has 6 nitrogen and oxygen atoms in total. The molecular formula is C25H30N4O2. The Labute approximate surface area is 183 Å². The summed E-state index contributed by atoms with van der Waals surface area (Å²) in [7, 11) is 0. The lowest BCUT2D eigenvalue weighted by molar-refractivity contribution is -0.122. The van der Waals surface area contributed by atoms with Gasteiger partial charge in [0.1, 0.15) is 0 Å². The van der Waals surface area contributed by atoms with Gasteiger partial charge < -0.3 is 16.0 Å². The van der Waals surface area contributed by atoms with E-state index in [1.54, 1.807) is 4.90 Å². The first kappa shape index (κ1) is 19.9. The quantitative estimate of drug-likeness (QED) is 0.665. The molecule has 2 fully saturated rings. The molecule has 2 saturated carbocycles. The van der Waals surface area contributed by atoms with Gasteiger partial charge >= 0.3 is 6.03 Å². The number of hydrogen-bond donors (Lipinski definition) is 3. The second-order valence-electron chi connectivity index (χ2n) is 9.20. The van der Waals surface area contributed by atoms with Crippen molar-refractivity contribution in [2.45, 2.75) is 56.9 Å². The minimum Gasteiger partial charge on any atom is -0.367 e. The monoisotopic (exact) mass is 418 g/mol. The van der Waals surface area contributed by atoms with E-state index in [4.69, 9.17) is 0 Å². The molecule has 31 heavy (non-hydrogen) atoms. The molecule has 3 N–H and O–H groups in total. The van der Waals surface area contributed by atoms with Gasteiger partial charge in [-0.3, -0.25) is 9.69 Å². The maximum Gasteiger partial charge on any atom is 0.326 e. The van der Waals surface area contributed by atoms with Gasteiger partial charge in [0.25, 0.3) is 0 Å². The molecular weight excluding hydrogens is 388 g/mol. The normalized spacial score (nSPS) is 24.6. The standard InChI is InChI=1S/C25H30N4O2/c30-24(13-17-1-2-17)27-22-7-3-18(4-8-22)19-5-9-23(10-6-19)28-25(31)29-15-20-11-12-26-14-21(20)16-29/h5-6,9-12,14-15,17-18,22,26H,1-4,7-8,13,16H2,(H,27,30)(H,28,31)/t18-,22+. The molecule has 1 aromatic rings. The lowest BCUT2D eigenvalue weighted by Crippen LogP contribution is -2.37. The van der Waals surface area contributed by atoms with E-state index in [1.165, 1.54) is 18.4 Å². The Morgan fingerprint density at radius 3 is 2.52 bits per heavy atom. The minimum atomic E-state index is -0.119. The molecule has 2 aliphatic carbocycles. The number of fused-ring (bicyclic) bond motifs is 1. The zero-order chi connectivity index (χ0) is 21.2. The number of hydrogen-bond acceptors (Lipinski definition) is 3. The Kier molecular flexibility index (Phi) is 5.53. The summed E-state index contributed by atoms with van der Waals surface area (Å²) >= 11 is 0. The van der Waals surface area contributed by atoms with Crippen LogP contribution < -0.4 is 16.0 Å². The minimum absolute atomic E-state index is 0.119. The third-order valence-corrected chi connectivity index (χ3v) is 6.78. The number of nitrogens with one attached hydrogen (secondary N) is 3. The maximum atomic E-state index is 12.6. The summed E-state index contributed by atoms with van der Waals surface area (Å²) in [5.41, 5.74) is 4.32. The first-order valence-electron chi connectivity index (χ1n) is 11.4. The largest absolute Gasteiger partial charge is 0.367 e. The van der Waals surface area contributed by atoms with Gasteiger partial charge in [0, 0.05) is 36.7 Å². The number of nitrogens with zero attached hydrogens (tertiary/aromatic N) is 1. The number of benzene rings is 1. The molecule has 0 spiro atoms. The number of dihydropyridines is 1. The zero-order valence-electron chi connectivity index (χ0n) is 17.8. The van der Waals surface area contributed by atoms with Gasteiger partial charge in [0.15, 0.2) is 0 Å². The highest BCUT2D eigenvalue weighted by Gasteiger charge is 2.28. The second kappa shape index (κ2) is 8.61. The molecule has 3 amide bonds. The van der Waals surface area contributed by atoms with Crippen LogP contribution in [0.1, 0.15) is 56.4 Å². The van der Waals surface area contributed by atoms with E-state index in [-0.39, 0.29) is 11.9 Å². The van der Waals surface area contributed by atoms with E-state index in [0.29, 0.717) is 30.8 Å². The second-order valence-corrected chi connectivity index (χ2v) is 9.20. The van der Waals surface area contributed by atoms with Gasteiger partial charge in [-0.2, -0.15) is 0 Å². The number of anilines is 1. The van der Waals surface area contributed by atoms with E-state index in [2.05, 4.69) is 28.1 Å². The summed E-state index contributed by atoms with van der Waals surface area (Å²) in [6, 6.07) is 8.46. The van der Waals surface area contributed by atoms with Gasteiger partial charge in [0.05, 0.1) is 6.54 Å². The predicted molar refractivity (Wildman–Crippen MR) is 121 cm³/mol. The Bertz CT molecular complexity index is 935. The van der Waals surface area contributed by atoms with Crippen molar-refractivity contribution < 1.29 is 9.59 Å². The van der Waals surface area contributed by atoms with Crippen molar-refractivity contribution in [3.8, 4) is 0 Å². The van der Waals surface area contributed by atoms with Gasteiger partial charge in [-0.15, -0.1) is 0 Å². The van der Waals surface area contributed by atoms with Gasteiger partial charge in [-0.25, -0.2) is 4.79 Å². The van der Waals surface area contributed by atoms with Gasteiger partial charge in [0.2, 0.25) is 5.91 Å². The lowest BCUT2D eigenvalue weighted by Gasteiger charge is -2.29. The summed E-state index contributed by atoms with van der Waals surface area (Å²) in [4.78, 5) is 26.3. The number of allylic oxidation sites excluding steroid dienone is 1. The number of carbonyl (C=O) groups excluding carboxylic acids is 2. The Hall–Kier alpha value is -3.02. The third-order valence-electron chi connectivity index (χ3n) is 6.78. The number of carbonyl (C=O) groups is 2. The molecule has 4 aliphatic rings. The van der Waals surface area contributed by atoms with Crippen LogP contribution in [0.15, 0.2) is 60.1 Å².